The number of aryl methyl sites for hydroxylation is 1. The van der Waals surface area contributed by atoms with E-state index in [1.54, 1.807) is 4.90 Å². The summed E-state index contributed by atoms with van der Waals surface area (Å²) in [6.07, 6.45) is 3.99. The van der Waals surface area contributed by atoms with Crippen molar-refractivity contribution >= 4 is 5.91 Å². The molecule has 1 heterocycles. The van der Waals surface area contributed by atoms with Crippen LogP contribution in [0.5, 0.6) is 0 Å². The van der Waals surface area contributed by atoms with Gasteiger partial charge in [-0.05, 0) is 38.6 Å². The number of aromatic nitrogens is 1. The van der Waals surface area contributed by atoms with Gasteiger partial charge in [0, 0.05) is 26.3 Å². The average molecular weight is 237 g/mol. The predicted octanol–water partition coefficient (Wildman–Crippen LogP) is 1.58. The van der Waals surface area contributed by atoms with Gasteiger partial charge >= 0.3 is 0 Å². The van der Waals surface area contributed by atoms with E-state index in [1.807, 2.05) is 37.0 Å². The summed E-state index contributed by atoms with van der Waals surface area (Å²) in [5.41, 5.74) is 0.791. The van der Waals surface area contributed by atoms with Gasteiger partial charge in [0.05, 0.1) is 0 Å². The molecule has 17 heavy (non-hydrogen) atoms. The second-order valence-electron chi connectivity index (χ2n) is 4.27. The minimum atomic E-state index is 0.111. The maximum atomic E-state index is 12.2. The van der Waals surface area contributed by atoms with E-state index < -0.39 is 0 Å². The molecule has 1 amide bonds. The van der Waals surface area contributed by atoms with Gasteiger partial charge in [0.15, 0.2) is 0 Å². The van der Waals surface area contributed by atoms with E-state index in [0.717, 1.165) is 38.2 Å². The molecule has 0 fully saturated rings. The van der Waals surface area contributed by atoms with Crippen LogP contribution in [0.3, 0.4) is 0 Å². The molecule has 1 rings (SSSR count). The van der Waals surface area contributed by atoms with Crippen molar-refractivity contribution in [3.63, 3.8) is 0 Å². The van der Waals surface area contributed by atoms with Gasteiger partial charge in [0.1, 0.15) is 5.69 Å². The number of nitrogens with one attached hydrogen (secondary N) is 1. The lowest BCUT2D eigenvalue weighted by Crippen LogP contribution is -2.31. The zero-order valence-electron chi connectivity index (χ0n) is 11.1. The summed E-state index contributed by atoms with van der Waals surface area (Å²) >= 11 is 0. The Morgan fingerprint density at radius 1 is 1.53 bits per heavy atom. The van der Waals surface area contributed by atoms with Gasteiger partial charge < -0.3 is 14.8 Å². The first-order valence-electron chi connectivity index (χ1n) is 6.26. The van der Waals surface area contributed by atoms with Crippen LogP contribution in [-0.2, 0) is 6.54 Å². The van der Waals surface area contributed by atoms with E-state index >= 15 is 0 Å². The summed E-state index contributed by atoms with van der Waals surface area (Å²) in [6, 6.07) is 3.83. The number of amides is 1. The first-order chi connectivity index (χ1) is 8.20. The fraction of sp³-hybridized carbons (Fsp3) is 0.615. The molecule has 4 nitrogen and oxygen atoms in total. The van der Waals surface area contributed by atoms with Crippen LogP contribution < -0.4 is 5.32 Å². The van der Waals surface area contributed by atoms with Crippen molar-refractivity contribution < 1.29 is 4.79 Å². The Kier molecular flexibility index (Phi) is 5.77. The van der Waals surface area contributed by atoms with Crippen molar-refractivity contribution in [2.75, 3.05) is 27.2 Å². The SMILES string of the molecule is CCCn1cccc1C(=O)N(C)CCCNC. The molecular formula is C13H23N3O. The van der Waals surface area contributed by atoms with Gasteiger partial charge in [-0.15, -0.1) is 0 Å². The number of carbonyl (C=O) groups excluding carboxylic acids is 1. The molecule has 0 radical (unpaired) electrons. The standard InChI is InChI=1S/C13H23N3O/c1-4-9-16-11-5-7-12(16)13(17)15(3)10-6-8-14-2/h5,7,11,14H,4,6,8-10H2,1-3H3. The Labute approximate surface area is 104 Å². The number of hydrogen-bond donors (Lipinski definition) is 1. The highest BCUT2D eigenvalue weighted by molar-refractivity contribution is 5.92. The summed E-state index contributed by atoms with van der Waals surface area (Å²) in [5, 5.41) is 3.09. The van der Waals surface area contributed by atoms with Gasteiger partial charge in [0.2, 0.25) is 0 Å². The summed E-state index contributed by atoms with van der Waals surface area (Å²) in [4.78, 5) is 14.0. The van der Waals surface area contributed by atoms with Crippen LogP contribution in [0.2, 0.25) is 0 Å². The van der Waals surface area contributed by atoms with Crippen molar-refractivity contribution in [3.05, 3.63) is 24.0 Å². The van der Waals surface area contributed by atoms with Crippen LogP contribution in [0.15, 0.2) is 18.3 Å². The first-order valence-corrected chi connectivity index (χ1v) is 6.26. The van der Waals surface area contributed by atoms with Crippen molar-refractivity contribution in [3.8, 4) is 0 Å². The Morgan fingerprint density at radius 3 is 2.94 bits per heavy atom. The third-order valence-electron chi connectivity index (χ3n) is 2.78. The molecule has 1 aromatic heterocycles. The normalized spacial score (nSPS) is 10.5. The molecule has 1 aromatic rings. The lowest BCUT2D eigenvalue weighted by Gasteiger charge is -2.18. The molecular weight excluding hydrogens is 214 g/mol. The second-order valence-corrected chi connectivity index (χ2v) is 4.27. The predicted molar refractivity (Wildman–Crippen MR) is 70.2 cm³/mol. The van der Waals surface area contributed by atoms with E-state index in [4.69, 9.17) is 0 Å². The summed E-state index contributed by atoms with van der Waals surface area (Å²) in [5.74, 6) is 0.111. The maximum absolute atomic E-state index is 12.2. The number of hydrogen-bond acceptors (Lipinski definition) is 2. The van der Waals surface area contributed by atoms with Gasteiger partial charge in [0.25, 0.3) is 5.91 Å². The van der Waals surface area contributed by atoms with E-state index in [-0.39, 0.29) is 5.91 Å². The molecule has 0 atom stereocenters. The van der Waals surface area contributed by atoms with Crippen molar-refractivity contribution in [2.24, 2.45) is 0 Å². The van der Waals surface area contributed by atoms with Crippen molar-refractivity contribution in [1.82, 2.24) is 14.8 Å². The monoisotopic (exact) mass is 237 g/mol. The smallest absolute Gasteiger partial charge is 0.270 e. The fourth-order valence-corrected chi connectivity index (χ4v) is 1.83. The highest BCUT2D eigenvalue weighted by Crippen LogP contribution is 2.07. The van der Waals surface area contributed by atoms with E-state index in [9.17, 15) is 4.79 Å². The van der Waals surface area contributed by atoms with Crippen LogP contribution in [0.1, 0.15) is 30.3 Å². The van der Waals surface area contributed by atoms with Crippen LogP contribution in [0.25, 0.3) is 0 Å². The van der Waals surface area contributed by atoms with Crippen LogP contribution >= 0.6 is 0 Å². The fourth-order valence-electron chi connectivity index (χ4n) is 1.83. The van der Waals surface area contributed by atoms with E-state index in [2.05, 4.69) is 12.2 Å². The molecule has 0 aliphatic carbocycles. The third-order valence-corrected chi connectivity index (χ3v) is 2.78. The van der Waals surface area contributed by atoms with Gasteiger partial charge in [-0.3, -0.25) is 4.79 Å². The molecule has 0 saturated carbocycles. The minimum absolute atomic E-state index is 0.111. The van der Waals surface area contributed by atoms with E-state index in [1.165, 1.54) is 0 Å². The molecule has 96 valence electrons. The number of carbonyl (C=O) groups is 1. The largest absolute Gasteiger partial charge is 0.344 e. The Morgan fingerprint density at radius 2 is 2.29 bits per heavy atom. The highest BCUT2D eigenvalue weighted by atomic mass is 16.2. The number of nitrogens with zero attached hydrogens (tertiary/aromatic N) is 2. The summed E-state index contributed by atoms with van der Waals surface area (Å²) < 4.78 is 2.02. The molecule has 0 aliphatic rings. The zero-order chi connectivity index (χ0) is 12.7. The van der Waals surface area contributed by atoms with Crippen LogP contribution in [-0.4, -0.2) is 42.6 Å². The topological polar surface area (TPSA) is 37.3 Å². The van der Waals surface area contributed by atoms with Gasteiger partial charge in [-0.2, -0.15) is 0 Å². The van der Waals surface area contributed by atoms with Gasteiger partial charge in [-0.25, -0.2) is 0 Å². The van der Waals surface area contributed by atoms with Gasteiger partial charge in [-0.1, -0.05) is 6.92 Å². The highest BCUT2D eigenvalue weighted by Gasteiger charge is 2.14. The molecule has 0 aromatic carbocycles. The quantitative estimate of drug-likeness (QED) is 0.731. The lowest BCUT2D eigenvalue weighted by atomic mass is 10.3. The number of rotatable bonds is 7. The third kappa shape index (κ3) is 3.89. The average Bonchev–Trinajstić information content (AvgIpc) is 2.77. The Hall–Kier alpha value is -1.29. The molecule has 0 saturated heterocycles. The molecule has 0 bridgehead atoms. The Bertz CT molecular complexity index is 346. The summed E-state index contributed by atoms with van der Waals surface area (Å²) in [6.45, 7) is 4.74. The second kappa shape index (κ2) is 7.12. The van der Waals surface area contributed by atoms with Crippen molar-refractivity contribution in [2.45, 2.75) is 26.3 Å². The summed E-state index contributed by atoms with van der Waals surface area (Å²) in [7, 11) is 3.79. The molecule has 0 aliphatic heterocycles. The molecule has 1 N–H and O–H groups in total. The molecule has 0 unspecified atom stereocenters. The first kappa shape index (κ1) is 13.8. The zero-order valence-corrected chi connectivity index (χ0v) is 11.1. The minimum Gasteiger partial charge on any atom is -0.344 e. The van der Waals surface area contributed by atoms with E-state index in [0.29, 0.717) is 0 Å². The molecule has 0 spiro atoms. The maximum Gasteiger partial charge on any atom is 0.270 e. The van der Waals surface area contributed by atoms with Crippen LogP contribution in [0.4, 0.5) is 0 Å². The Balaban J connectivity index is 2.58. The molecule has 4 heteroatoms. The van der Waals surface area contributed by atoms with Crippen molar-refractivity contribution in [1.29, 1.82) is 0 Å². The van der Waals surface area contributed by atoms with Crippen LogP contribution in [0, 0.1) is 0 Å². The lowest BCUT2D eigenvalue weighted by molar-refractivity contribution is 0.0783.